The Balaban J connectivity index is 1.72. The second-order valence-electron chi connectivity index (χ2n) is 6.58. The molecule has 2 N–H and O–H groups in total. The zero-order chi connectivity index (χ0) is 17.6. The number of aromatic nitrogens is 2. The molecule has 5 nitrogen and oxygen atoms in total. The average molecular weight is 337 g/mol. The summed E-state index contributed by atoms with van der Waals surface area (Å²) in [6.07, 6.45) is 7.97. The van der Waals surface area contributed by atoms with Gasteiger partial charge < -0.3 is 15.5 Å². The average Bonchev–Trinajstić information content (AvgIpc) is 2.64. The molecule has 2 heterocycles. The van der Waals surface area contributed by atoms with Crippen LogP contribution in [0.4, 0.5) is 0 Å². The lowest BCUT2D eigenvalue weighted by Crippen LogP contribution is -2.33. The lowest BCUT2D eigenvalue weighted by Gasteiger charge is -2.30. The molecule has 0 unspecified atom stereocenters. The summed E-state index contributed by atoms with van der Waals surface area (Å²) in [6.45, 7) is 7.18. The van der Waals surface area contributed by atoms with Gasteiger partial charge in [-0.3, -0.25) is 9.97 Å². The molecule has 0 saturated carbocycles. The van der Waals surface area contributed by atoms with Gasteiger partial charge in [0, 0.05) is 45.3 Å². The van der Waals surface area contributed by atoms with Crippen molar-refractivity contribution in [3.8, 4) is 0 Å². The smallest absolute Gasteiger partial charge is 0.0890 e. The number of hydrogen-bond donors (Lipinski definition) is 2. The van der Waals surface area contributed by atoms with Gasteiger partial charge in [-0.25, -0.2) is 0 Å². The highest BCUT2D eigenvalue weighted by Crippen LogP contribution is 2.20. The highest BCUT2D eigenvalue weighted by atomic mass is 15.1. The monoisotopic (exact) mass is 337 g/mol. The van der Waals surface area contributed by atoms with Crippen LogP contribution in [-0.4, -0.2) is 35.0 Å². The van der Waals surface area contributed by atoms with Gasteiger partial charge >= 0.3 is 0 Å². The van der Waals surface area contributed by atoms with Gasteiger partial charge in [-0.2, -0.15) is 0 Å². The minimum absolute atomic E-state index is 0.762. The first-order valence-corrected chi connectivity index (χ1v) is 8.97. The fourth-order valence-electron chi connectivity index (χ4n) is 3.18. The fourth-order valence-corrected chi connectivity index (χ4v) is 3.18. The van der Waals surface area contributed by atoms with Crippen LogP contribution < -0.4 is 10.6 Å². The Hall–Kier alpha value is -2.56. The maximum atomic E-state index is 4.39. The summed E-state index contributed by atoms with van der Waals surface area (Å²) in [7, 11) is 2.18. The van der Waals surface area contributed by atoms with E-state index in [1.165, 1.54) is 29.7 Å². The molecular formula is C20H27N5. The van der Waals surface area contributed by atoms with Crippen LogP contribution in [0.3, 0.4) is 0 Å². The molecule has 1 aliphatic heterocycles. The van der Waals surface area contributed by atoms with Gasteiger partial charge in [0.25, 0.3) is 0 Å². The highest BCUT2D eigenvalue weighted by Gasteiger charge is 2.17. The maximum Gasteiger partial charge on any atom is 0.0890 e. The van der Waals surface area contributed by atoms with E-state index in [4.69, 9.17) is 0 Å². The zero-order valence-electron chi connectivity index (χ0n) is 15.3. The van der Waals surface area contributed by atoms with Crippen LogP contribution in [0.25, 0.3) is 11.0 Å². The first kappa shape index (κ1) is 17.3. The summed E-state index contributed by atoms with van der Waals surface area (Å²) < 4.78 is 0. The Labute approximate surface area is 149 Å². The molecule has 0 bridgehead atoms. The van der Waals surface area contributed by atoms with Gasteiger partial charge in [0.1, 0.15) is 0 Å². The van der Waals surface area contributed by atoms with E-state index in [2.05, 4.69) is 64.7 Å². The van der Waals surface area contributed by atoms with Crippen molar-refractivity contribution in [1.29, 1.82) is 0 Å². The predicted octanol–water partition coefficient (Wildman–Crippen LogP) is 3.17. The molecule has 0 radical (unpaired) electrons. The number of benzene rings is 1. The molecule has 3 rings (SSSR count). The molecule has 25 heavy (non-hydrogen) atoms. The fraction of sp³-hybridized carbons (Fsp3) is 0.400. The van der Waals surface area contributed by atoms with Gasteiger partial charge in [-0.1, -0.05) is 19.4 Å². The van der Waals surface area contributed by atoms with Crippen molar-refractivity contribution in [1.82, 2.24) is 25.5 Å². The van der Waals surface area contributed by atoms with Gasteiger partial charge in [0.15, 0.2) is 0 Å². The Kier molecular flexibility index (Phi) is 5.53. The lowest BCUT2D eigenvalue weighted by molar-refractivity contribution is 0.398. The number of hydrogen-bond acceptors (Lipinski definition) is 5. The van der Waals surface area contributed by atoms with Crippen molar-refractivity contribution in [3.63, 3.8) is 0 Å². The molecule has 0 saturated heterocycles. The van der Waals surface area contributed by atoms with E-state index < -0.39 is 0 Å². The molecule has 5 heteroatoms. The molecule has 1 aliphatic rings. The third kappa shape index (κ3) is 4.10. The van der Waals surface area contributed by atoms with E-state index in [0.717, 1.165) is 36.4 Å². The van der Waals surface area contributed by atoms with Crippen LogP contribution >= 0.6 is 0 Å². The van der Waals surface area contributed by atoms with Gasteiger partial charge in [-0.05, 0) is 36.6 Å². The van der Waals surface area contributed by atoms with Crippen molar-refractivity contribution in [2.75, 3.05) is 20.1 Å². The van der Waals surface area contributed by atoms with Crippen molar-refractivity contribution >= 4 is 11.0 Å². The molecule has 1 aromatic carbocycles. The van der Waals surface area contributed by atoms with Gasteiger partial charge in [0.2, 0.25) is 0 Å². The number of unbranched alkanes of at least 4 members (excludes halogenated alkanes) is 1. The largest absolute Gasteiger partial charge is 0.385 e. The van der Waals surface area contributed by atoms with Crippen LogP contribution in [0.15, 0.2) is 53.8 Å². The predicted molar refractivity (Wildman–Crippen MR) is 103 cm³/mol. The van der Waals surface area contributed by atoms with E-state index in [1.807, 2.05) is 6.07 Å². The van der Waals surface area contributed by atoms with Crippen molar-refractivity contribution in [2.24, 2.45) is 0 Å². The Morgan fingerprint density at radius 1 is 1.20 bits per heavy atom. The maximum absolute atomic E-state index is 4.39. The second-order valence-corrected chi connectivity index (χ2v) is 6.58. The minimum Gasteiger partial charge on any atom is -0.385 e. The van der Waals surface area contributed by atoms with Gasteiger partial charge in [-0.15, -0.1) is 0 Å². The third-order valence-corrected chi connectivity index (χ3v) is 4.52. The molecule has 0 fully saturated rings. The molecule has 1 aromatic heterocycles. The SMILES string of the molecule is CCCCN(C)C1=C(C)CNC=C1NCc1ccc2nccnc2c1. The van der Waals surface area contributed by atoms with E-state index in [0.29, 0.717) is 0 Å². The number of likely N-dealkylation sites (N-methyl/N-ethyl adjacent to an activating group) is 1. The molecule has 0 aliphatic carbocycles. The molecular weight excluding hydrogens is 310 g/mol. The van der Waals surface area contributed by atoms with E-state index in [-0.39, 0.29) is 0 Å². The van der Waals surface area contributed by atoms with Gasteiger partial charge in [0.05, 0.1) is 22.4 Å². The second kappa shape index (κ2) is 8.01. The summed E-state index contributed by atoms with van der Waals surface area (Å²) in [5, 5.41) is 6.95. The van der Waals surface area contributed by atoms with Crippen molar-refractivity contribution in [3.05, 3.63) is 59.3 Å². The van der Waals surface area contributed by atoms with Crippen LogP contribution in [0.5, 0.6) is 0 Å². The lowest BCUT2D eigenvalue weighted by atomic mass is 10.1. The van der Waals surface area contributed by atoms with Crippen LogP contribution in [0, 0.1) is 0 Å². The standard InChI is InChI=1S/C20H27N5/c1-4-5-10-25(3)20-15(2)12-21-14-19(20)24-13-16-6-7-17-18(11-16)23-9-8-22-17/h6-9,11,14,21,24H,4-5,10,12-13H2,1-3H3. The van der Waals surface area contributed by atoms with Crippen molar-refractivity contribution < 1.29 is 0 Å². The molecule has 132 valence electrons. The summed E-state index contributed by atoms with van der Waals surface area (Å²) in [6, 6.07) is 6.24. The highest BCUT2D eigenvalue weighted by molar-refractivity contribution is 5.74. The summed E-state index contributed by atoms with van der Waals surface area (Å²) in [4.78, 5) is 11.1. The molecule has 0 atom stereocenters. The summed E-state index contributed by atoms with van der Waals surface area (Å²) in [5.74, 6) is 0. The molecule has 2 aromatic rings. The number of nitrogens with zero attached hydrogens (tertiary/aromatic N) is 3. The van der Waals surface area contributed by atoms with Crippen molar-refractivity contribution in [2.45, 2.75) is 33.2 Å². The third-order valence-electron chi connectivity index (χ3n) is 4.52. The first-order valence-electron chi connectivity index (χ1n) is 8.97. The Morgan fingerprint density at radius 3 is 2.80 bits per heavy atom. The number of dihydropyridines is 1. The Morgan fingerprint density at radius 2 is 2.00 bits per heavy atom. The van der Waals surface area contributed by atoms with E-state index in [1.54, 1.807) is 12.4 Å². The first-order chi connectivity index (χ1) is 12.2. The summed E-state index contributed by atoms with van der Waals surface area (Å²) in [5.41, 5.74) is 6.90. The zero-order valence-corrected chi connectivity index (χ0v) is 15.3. The summed E-state index contributed by atoms with van der Waals surface area (Å²) >= 11 is 0. The van der Waals surface area contributed by atoms with Crippen LogP contribution in [-0.2, 0) is 6.54 Å². The number of fused-ring (bicyclic) bond motifs is 1. The molecule has 0 amide bonds. The number of nitrogens with one attached hydrogen (secondary N) is 2. The number of rotatable bonds is 7. The molecule has 0 spiro atoms. The minimum atomic E-state index is 0.762. The topological polar surface area (TPSA) is 53.1 Å². The Bertz CT molecular complexity index is 794. The quantitative estimate of drug-likeness (QED) is 0.813. The normalized spacial score (nSPS) is 14.3. The van der Waals surface area contributed by atoms with E-state index in [9.17, 15) is 0 Å². The van der Waals surface area contributed by atoms with Crippen LogP contribution in [0.2, 0.25) is 0 Å². The van der Waals surface area contributed by atoms with E-state index >= 15 is 0 Å². The van der Waals surface area contributed by atoms with Crippen LogP contribution in [0.1, 0.15) is 32.3 Å².